The van der Waals surface area contributed by atoms with Gasteiger partial charge in [0, 0.05) is 11.1 Å². The highest BCUT2D eigenvalue weighted by atomic mass is 35.5. The van der Waals surface area contributed by atoms with E-state index in [0.29, 0.717) is 10.6 Å². The molecule has 0 aliphatic rings. The quantitative estimate of drug-likeness (QED) is 0.866. The van der Waals surface area contributed by atoms with Crippen molar-refractivity contribution >= 4 is 23.2 Å². The van der Waals surface area contributed by atoms with Crippen LogP contribution < -0.4 is 11.2 Å². The Morgan fingerprint density at radius 3 is 2.47 bits per heavy atom. The van der Waals surface area contributed by atoms with E-state index in [1.165, 1.54) is 0 Å². The molecule has 0 saturated carbocycles. The van der Waals surface area contributed by atoms with Crippen LogP contribution in [0, 0.1) is 0 Å². The van der Waals surface area contributed by atoms with Crippen LogP contribution in [0.5, 0.6) is 0 Å². The fraction of sp³-hybridized carbons (Fsp3) is 0.231. The highest BCUT2D eigenvalue weighted by Crippen LogP contribution is 2.24. The number of halogens is 2. The second-order valence-corrected chi connectivity index (χ2v) is 5.21. The van der Waals surface area contributed by atoms with Crippen molar-refractivity contribution in [2.45, 2.75) is 19.9 Å². The summed E-state index contributed by atoms with van der Waals surface area (Å²) in [6.07, 6.45) is 0. The van der Waals surface area contributed by atoms with Gasteiger partial charge in [0.2, 0.25) is 0 Å². The first-order chi connectivity index (χ1) is 8.91. The molecular formula is C13H12Cl2N2O2. The molecule has 0 radical (unpaired) electrons. The first-order valence-corrected chi connectivity index (χ1v) is 6.47. The van der Waals surface area contributed by atoms with Crippen LogP contribution in [-0.4, -0.2) is 9.55 Å². The van der Waals surface area contributed by atoms with Crippen molar-refractivity contribution in [3.05, 3.63) is 55.3 Å². The van der Waals surface area contributed by atoms with E-state index in [2.05, 4.69) is 4.98 Å². The molecular weight excluding hydrogens is 287 g/mol. The maximum atomic E-state index is 12.4. The van der Waals surface area contributed by atoms with Gasteiger partial charge in [-0.25, -0.2) is 4.79 Å². The number of hydrogen-bond donors (Lipinski definition) is 1. The Labute approximate surface area is 119 Å². The lowest BCUT2D eigenvalue weighted by Crippen LogP contribution is -2.37. The van der Waals surface area contributed by atoms with Gasteiger partial charge >= 0.3 is 5.69 Å². The second kappa shape index (κ2) is 5.23. The lowest BCUT2D eigenvalue weighted by molar-refractivity contribution is 0.547. The summed E-state index contributed by atoms with van der Waals surface area (Å²) in [4.78, 5) is 26.6. The molecule has 0 unspecified atom stereocenters. The van der Waals surface area contributed by atoms with Gasteiger partial charge in [0.15, 0.2) is 0 Å². The van der Waals surface area contributed by atoms with Crippen LogP contribution in [0.3, 0.4) is 0 Å². The molecule has 0 aliphatic carbocycles. The predicted octanol–water partition coefficient (Wildman–Crippen LogP) is 3.09. The molecule has 100 valence electrons. The third-order valence-corrected chi connectivity index (χ3v) is 3.24. The Bertz CT molecular complexity index is 732. The number of hydrogen-bond acceptors (Lipinski definition) is 2. The molecule has 0 fully saturated rings. The van der Waals surface area contributed by atoms with Gasteiger partial charge in [-0.05, 0) is 31.5 Å². The Kier molecular flexibility index (Phi) is 3.83. The molecule has 0 saturated heterocycles. The molecule has 2 rings (SSSR count). The predicted molar refractivity (Wildman–Crippen MR) is 77.2 cm³/mol. The SMILES string of the molecule is CC(C)n1c(=O)[nH]c(Cl)c(-c2cccc(Cl)c2)c1=O. The molecule has 2 aromatic rings. The van der Waals surface area contributed by atoms with E-state index < -0.39 is 11.2 Å². The average molecular weight is 299 g/mol. The van der Waals surface area contributed by atoms with E-state index >= 15 is 0 Å². The van der Waals surface area contributed by atoms with Gasteiger partial charge in [0.05, 0.1) is 5.56 Å². The zero-order valence-electron chi connectivity index (χ0n) is 10.4. The third kappa shape index (κ3) is 2.60. The summed E-state index contributed by atoms with van der Waals surface area (Å²) in [5.41, 5.74) is -0.118. The number of H-pyrrole nitrogens is 1. The Morgan fingerprint density at radius 2 is 1.89 bits per heavy atom. The zero-order valence-corrected chi connectivity index (χ0v) is 11.9. The molecule has 6 heteroatoms. The van der Waals surface area contributed by atoms with Gasteiger partial charge in [-0.15, -0.1) is 0 Å². The maximum absolute atomic E-state index is 12.4. The standard InChI is InChI=1S/C13H12Cl2N2O2/c1-7(2)17-12(18)10(11(15)16-13(17)19)8-4-3-5-9(14)6-8/h3-7H,1-2H3,(H,16,19). The Morgan fingerprint density at radius 1 is 1.21 bits per heavy atom. The minimum Gasteiger partial charge on any atom is -0.297 e. The molecule has 0 aliphatic heterocycles. The molecule has 19 heavy (non-hydrogen) atoms. The molecule has 0 atom stereocenters. The van der Waals surface area contributed by atoms with Crippen molar-refractivity contribution in [3.8, 4) is 11.1 Å². The highest BCUT2D eigenvalue weighted by Gasteiger charge is 2.16. The largest absolute Gasteiger partial charge is 0.329 e. The fourth-order valence-corrected chi connectivity index (χ4v) is 2.35. The number of nitrogens with one attached hydrogen (secondary N) is 1. The van der Waals surface area contributed by atoms with Gasteiger partial charge in [-0.3, -0.25) is 14.3 Å². The van der Waals surface area contributed by atoms with Crippen molar-refractivity contribution in [3.63, 3.8) is 0 Å². The van der Waals surface area contributed by atoms with Crippen LogP contribution >= 0.6 is 23.2 Å². The van der Waals surface area contributed by atoms with Crippen LogP contribution in [0.1, 0.15) is 19.9 Å². The second-order valence-electron chi connectivity index (χ2n) is 4.40. The van der Waals surface area contributed by atoms with Crippen LogP contribution in [0.2, 0.25) is 10.2 Å². The van der Waals surface area contributed by atoms with E-state index in [0.717, 1.165) is 4.57 Å². The van der Waals surface area contributed by atoms with E-state index in [1.54, 1.807) is 38.1 Å². The van der Waals surface area contributed by atoms with Crippen molar-refractivity contribution in [2.75, 3.05) is 0 Å². The van der Waals surface area contributed by atoms with Crippen molar-refractivity contribution in [1.82, 2.24) is 9.55 Å². The molecule has 0 bridgehead atoms. The van der Waals surface area contributed by atoms with Crippen molar-refractivity contribution in [1.29, 1.82) is 0 Å². The monoisotopic (exact) mass is 298 g/mol. The lowest BCUT2D eigenvalue weighted by Gasteiger charge is -2.11. The highest BCUT2D eigenvalue weighted by molar-refractivity contribution is 6.32. The summed E-state index contributed by atoms with van der Waals surface area (Å²) in [5, 5.41) is 0.518. The van der Waals surface area contributed by atoms with E-state index in [1.807, 2.05) is 0 Å². The number of nitrogens with zero attached hydrogens (tertiary/aromatic N) is 1. The summed E-state index contributed by atoms with van der Waals surface area (Å²) >= 11 is 11.9. The van der Waals surface area contributed by atoms with E-state index in [9.17, 15) is 9.59 Å². The molecule has 1 aromatic carbocycles. The summed E-state index contributed by atoms with van der Waals surface area (Å²) < 4.78 is 1.13. The molecule has 0 amide bonds. The molecule has 1 aromatic heterocycles. The van der Waals surface area contributed by atoms with Gasteiger partial charge < -0.3 is 0 Å². The minimum absolute atomic E-state index is 0.0224. The molecule has 1 heterocycles. The number of rotatable bonds is 2. The maximum Gasteiger partial charge on any atom is 0.329 e. The van der Waals surface area contributed by atoms with Gasteiger partial charge in [0.1, 0.15) is 5.15 Å². The van der Waals surface area contributed by atoms with Crippen LogP contribution in [0.15, 0.2) is 33.9 Å². The number of benzene rings is 1. The third-order valence-electron chi connectivity index (χ3n) is 2.72. The topological polar surface area (TPSA) is 54.9 Å². The first-order valence-electron chi connectivity index (χ1n) is 5.72. The summed E-state index contributed by atoms with van der Waals surface area (Å²) in [6.45, 7) is 3.51. The first kappa shape index (κ1) is 13.9. The lowest BCUT2D eigenvalue weighted by atomic mass is 10.1. The summed E-state index contributed by atoms with van der Waals surface area (Å²) in [6, 6.07) is 6.51. The summed E-state index contributed by atoms with van der Waals surface area (Å²) in [7, 11) is 0. The normalized spacial score (nSPS) is 11.0. The molecule has 0 spiro atoms. The van der Waals surface area contributed by atoms with Crippen LogP contribution in [-0.2, 0) is 0 Å². The van der Waals surface area contributed by atoms with Crippen LogP contribution in [0.4, 0.5) is 0 Å². The van der Waals surface area contributed by atoms with Crippen molar-refractivity contribution < 1.29 is 0 Å². The smallest absolute Gasteiger partial charge is 0.297 e. The average Bonchev–Trinajstić information content (AvgIpc) is 2.27. The molecule has 4 nitrogen and oxygen atoms in total. The number of aromatic amines is 1. The van der Waals surface area contributed by atoms with Crippen molar-refractivity contribution in [2.24, 2.45) is 0 Å². The minimum atomic E-state index is -0.518. The van der Waals surface area contributed by atoms with E-state index in [-0.39, 0.29) is 16.8 Å². The number of aromatic nitrogens is 2. The Hall–Kier alpha value is -1.52. The van der Waals surface area contributed by atoms with Gasteiger partial charge in [-0.1, -0.05) is 35.3 Å². The molecule has 1 N–H and O–H groups in total. The van der Waals surface area contributed by atoms with Crippen LogP contribution in [0.25, 0.3) is 11.1 Å². The van der Waals surface area contributed by atoms with Gasteiger partial charge in [0.25, 0.3) is 5.56 Å². The fourth-order valence-electron chi connectivity index (χ4n) is 1.89. The van der Waals surface area contributed by atoms with Gasteiger partial charge in [-0.2, -0.15) is 0 Å². The van der Waals surface area contributed by atoms with E-state index in [4.69, 9.17) is 23.2 Å². The summed E-state index contributed by atoms with van der Waals surface area (Å²) in [5.74, 6) is 0. The zero-order chi connectivity index (χ0) is 14.2. The Balaban J connectivity index is 2.82.